The van der Waals surface area contributed by atoms with E-state index in [1.807, 2.05) is 20.8 Å². The van der Waals surface area contributed by atoms with Gasteiger partial charge in [0.25, 0.3) is 5.91 Å². The van der Waals surface area contributed by atoms with Gasteiger partial charge in [0.2, 0.25) is 0 Å². The first-order valence-corrected chi connectivity index (χ1v) is 6.97. The van der Waals surface area contributed by atoms with Gasteiger partial charge in [-0.3, -0.25) is 9.59 Å². The Hall–Kier alpha value is -1.55. The molecular formula is C15H20ClNO3. The SMILES string of the molecule is CCOC(=O)CN(C(=O)c1ccc(Cl)cc1C)C(C)C. The molecule has 1 amide bonds. The van der Waals surface area contributed by atoms with E-state index in [0.29, 0.717) is 17.2 Å². The van der Waals surface area contributed by atoms with Crippen molar-refractivity contribution >= 4 is 23.5 Å². The molecule has 0 aromatic heterocycles. The lowest BCUT2D eigenvalue weighted by Gasteiger charge is -2.26. The van der Waals surface area contributed by atoms with Crippen molar-refractivity contribution in [3.8, 4) is 0 Å². The fraction of sp³-hybridized carbons (Fsp3) is 0.467. The molecule has 1 rings (SSSR count). The summed E-state index contributed by atoms with van der Waals surface area (Å²) in [6.07, 6.45) is 0. The Morgan fingerprint density at radius 1 is 1.35 bits per heavy atom. The van der Waals surface area contributed by atoms with Crippen LogP contribution in [0, 0.1) is 6.92 Å². The Bertz CT molecular complexity index is 500. The van der Waals surface area contributed by atoms with Gasteiger partial charge in [0, 0.05) is 16.6 Å². The number of ether oxygens (including phenoxy) is 1. The fourth-order valence-corrected chi connectivity index (χ4v) is 2.08. The summed E-state index contributed by atoms with van der Waals surface area (Å²) in [6, 6.07) is 4.99. The molecule has 0 aliphatic carbocycles. The van der Waals surface area contributed by atoms with E-state index in [-0.39, 0.29) is 18.5 Å². The molecule has 1 aromatic rings. The smallest absolute Gasteiger partial charge is 0.325 e. The minimum Gasteiger partial charge on any atom is -0.465 e. The summed E-state index contributed by atoms with van der Waals surface area (Å²) in [6.45, 7) is 7.54. The average Bonchev–Trinajstić information content (AvgIpc) is 2.35. The Labute approximate surface area is 124 Å². The van der Waals surface area contributed by atoms with E-state index < -0.39 is 5.97 Å². The van der Waals surface area contributed by atoms with Crippen molar-refractivity contribution in [2.24, 2.45) is 0 Å². The first-order chi connectivity index (χ1) is 9.36. The van der Waals surface area contributed by atoms with Crippen LogP contribution >= 0.6 is 11.6 Å². The number of amides is 1. The van der Waals surface area contributed by atoms with E-state index in [4.69, 9.17) is 16.3 Å². The topological polar surface area (TPSA) is 46.6 Å². The summed E-state index contributed by atoms with van der Waals surface area (Å²) in [5.74, 6) is -0.594. The monoisotopic (exact) mass is 297 g/mol. The summed E-state index contributed by atoms with van der Waals surface area (Å²) in [5.41, 5.74) is 1.34. The Morgan fingerprint density at radius 2 is 2.00 bits per heavy atom. The van der Waals surface area contributed by atoms with Gasteiger partial charge in [-0.1, -0.05) is 11.6 Å². The highest BCUT2D eigenvalue weighted by atomic mass is 35.5. The van der Waals surface area contributed by atoms with Crippen LogP contribution in [0.1, 0.15) is 36.7 Å². The normalized spacial score (nSPS) is 10.5. The number of carbonyl (C=O) groups is 2. The van der Waals surface area contributed by atoms with Crippen LogP contribution in [-0.4, -0.2) is 36.0 Å². The van der Waals surface area contributed by atoms with Crippen LogP contribution in [0.5, 0.6) is 0 Å². The Balaban J connectivity index is 2.96. The zero-order chi connectivity index (χ0) is 15.3. The molecule has 110 valence electrons. The molecule has 0 atom stereocenters. The van der Waals surface area contributed by atoms with E-state index in [9.17, 15) is 9.59 Å². The van der Waals surface area contributed by atoms with Gasteiger partial charge in [-0.25, -0.2) is 0 Å². The summed E-state index contributed by atoms with van der Waals surface area (Å²) in [4.78, 5) is 25.6. The molecule has 0 aliphatic heterocycles. The number of benzene rings is 1. The number of aryl methyl sites for hydroxylation is 1. The second-order valence-electron chi connectivity index (χ2n) is 4.79. The maximum atomic E-state index is 12.5. The summed E-state index contributed by atoms with van der Waals surface area (Å²) in [7, 11) is 0. The van der Waals surface area contributed by atoms with E-state index in [1.54, 1.807) is 25.1 Å². The summed E-state index contributed by atoms with van der Waals surface area (Å²) < 4.78 is 4.90. The van der Waals surface area contributed by atoms with Gasteiger partial charge < -0.3 is 9.64 Å². The number of halogens is 1. The standard InChI is InChI=1S/C15H20ClNO3/c1-5-20-14(18)9-17(10(2)3)15(19)13-7-6-12(16)8-11(13)4/h6-8,10H,5,9H2,1-4H3. The van der Waals surface area contributed by atoms with Crippen LogP contribution < -0.4 is 0 Å². The third kappa shape index (κ3) is 4.23. The van der Waals surface area contributed by atoms with Gasteiger partial charge in [-0.05, 0) is 51.5 Å². The van der Waals surface area contributed by atoms with E-state index in [1.165, 1.54) is 4.90 Å². The Morgan fingerprint density at radius 3 is 2.50 bits per heavy atom. The van der Waals surface area contributed by atoms with Crippen LogP contribution in [0.15, 0.2) is 18.2 Å². The van der Waals surface area contributed by atoms with Gasteiger partial charge in [0.15, 0.2) is 0 Å². The Kier molecular flexibility index (Phi) is 6.02. The van der Waals surface area contributed by atoms with Gasteiger partial charge in [-0.2, -0.15) is 0 Å². The predicted molar refractivity (Wildman–Crippen MR) is 79.0 cm³/mol. The molecule has 0 heterocycles. The van der Waals surface area contributed by atoms with Crippen molar-refractivity contribution in [1.29, 1.82) is 0 Å². The van der Waals surface area contributed by atoms with Crippen molar-refractivity contribution < 1.29 is 14.3 Å². The fourth-order valence-electron chi connectivity index (χ4n) is 1.86. The van der Waals surface area contributed by atoms with Crippen molar-refractivity contribution in [2.75, 3.05) is 13.2 Å². The van der Waals surface area contributed by atoms with Gasteiger partial charge >= 0.3 is 5.97 Å². The van der Waals surface area contributed by atoms with Crippen molar-refractivity contribution in [2.45, 2.75) is 33.7 Å². The second kappa shape index (κ2) is 7.29. The molecule has 5 heteroatoms. The molecular weight excluding hydrogens is 278 g/mol. The molecule has 0 aliphatic rings. The third-order valence-electron chi connectivity index (χ3n) is 2.91. The number of rotatable bonds is 5. The van der Waals surface area contributed by atoms with E-state index in [0.717, 1.165) is 5.56 Å². The maximum Gasteiger partial charge on any atom is 0.325 e. The van der Waals surface area contributed by atoms with Crippen molar-refractivity contribution in [3.63, 3.8) is 0 Å². The zero-order valence-corrected chi connectivity index (χ0v) is 13.0. The zero-order valence-electron chi connectivity index (χ0n) is 12.3. The number of hydrogen-bond acceptors (Lipinski definition) is 3. The van der Waals surface area contributed by atoms with Crippen LogP contribution in [0.3, 0.4) is 0 Å². The lowest BCUT2D eigenvalue weighted by molar-refractivity contribution is -0.144. The molecule has 20 heavy (non-hydrogen) atoms. The molecule has 4 nitrogen and oxygen atoms in total. The molecule has 0 bridgehead atoms. The quantitative estimate of drug-likeness (QED) is 0.785. The highest BCUT2D eigenvalue weighted by molar-refractivity contribution is 6.30. The van der Waals surface area contributed by atoms with Crippen LogP contribution in [0.2, 0.25) is 5.02 Å². The summed E-state index contributed by atoms with van der Waals surface area (Å²) in [5, 5.41) is 0.584. The maximum absolute atomic E-state index is 12.5. The average molecular weight is 298 g/mol. The van der Waals surface area contributed by atoms with Gasteiger partial charge in [-0.15, -0.1) is 0 Å². The van der Waals surface area contributed by atoms with Gasteiger partial charge in [0.05, 0.1) is 6.61 Å². The molecule has 0 N–H and O–H groups in total. The minimum absolute atomic E-state index is 0.0492. The molecule has 1 aromatic carbocycles. The second-order valence-corrected chi connectivity index (χ2v) is 5.23. The highest BCUT2D eigenvalue weighted by Crippen LogP contribution is 2.18. The minimum atomic E-state index is -0.402. The largest absolute Gasteiger partial charge is 0.465 e. The number of nitrogens with zero attached hydrogens (tertiary/aromatic N) is 1. The van der Waals surface area contributed by atoms with Crippen LogP contribution in [0.25, 0.3) is 0 Å². The van der Waals surface area contributed by atoms with Crippen LogP contribution in [-0.2, 0) is 9.53 Å². The first-order valence-electron chi connectivity index (χ1n) is 6.59. The summed E-state index contributed by atoms with van der Waals surface area (Å²) >= 11 is 5.89. The lowest BCUT2D eigenvalue weighted by atomic mass is 10.1. The van der Waals surface area contributed by atoms with Crippen LogP contribution in [0.4, 0.5) is 0 Å². The molecule has 0 saturated carbocycles. The van der Waals surface area contributed by atoms with Crippen molar-refractivity contribution in [1.82, 2.24) is 4.90 Å². The number of carbonyl (C=O) groups excluding carboxylic acids is 2. The predicted octanol–water partition coefficient (Wildman–Crippen LogP) is 3.06. The van der Waals surface area contributed by atoms with Crippen molar-refractivity contribution in [3.05, 3.63) is 34.3 Å². The molecule has 0 radical (unpaired) electrons. The molecule has 0 saturated heterocycles. The first kappa shape index (κ1) is 16.5. The number of hydrogen-bond donors (Lipinski definition) is 0. The van der Waals surface area contributed by atoms with E-state index in [2.05, 4.69) is 0 Å². The highest BCUT2D eigenvalue weighted by Gasteiger charge is 2.23. The lowest BCUT2D eigenvalue weighted by Crippen LogP contribution is -2.41. The third-order valence-corrected chi connectivity index (χ3v) is 3.14. The van der Waals surface area contributed by atoms with E-state index >= 15 is 0 Å². The molecule has 0 spiro atoms. The molecule has 0 unspecified atom stereocenters. The number of esters is 1. The molecule has 0 fully saturated rings. The van der Waals surface area contributed by atoms with Gasteiger partial charge in [0.1, 0.15) is 6.54 Å².